The number of hydrogen-bond donors (Lipinski definition) is 0. The lowest BCUT2D eigenvalue weighted by Crippen LogP contribution is -2.30. The second-order valence-corrected chi connectivity index (χ2v) is 7.94. The molecule has 34 heavy (non-hydrogen) atoms. The Balaban J connectivity index is 1.85. The molecule has 0 aromatic heterocycles. The van der Waals surface area contributed by atoms with Gasteiger partial charge in [0.1, 0.15) is 17.2 Å². The summed E-state index contributed by atoms with van der Waals surface area (Å²) in [5.41, 5.74) is 1.44. The van der Waals surface area contributed by atoms with Crippen LogP contribution in [0.1, 0.15) is 59.9 Å². The second-order valence-electron chi connectivity index (χ2n) is 7.94. The van der Waals surface area contributed by atoms with Gasteiger partial charge in [-0.05, 0) is 51.0 Å². The summed E-state index contributed by atoms with van der Waals surface area (Å²) in [6.45, 7) is 8.00. The molecule has 0 fully saturated rings. The Labute approximate surface area is 198 Å². The van der Waals surface area contributed by atoms with Gasteiger partial charge in [0.25, 0.3) is 11.8 Å². The van der Waals surface area contributed by atoms with Crippen LogP contribution in [0.2, 0.25) is 0 Å². The molecule has 0 atom stereocenters. The van der Waals surface area contributed by atoms with E-state index in [0.29, 0.717) is 65.3 Å². The number of fused-ring (bicyclic) bond motifs is 2. The Kier molecular flexibility index (Phi) is 6.54. The van der Waals surface area contributed by atoms with E-state index in [-0.39, 0.29) is 17.1 Å². The van der Waals surface area contributed by atoms with Crippen molar-refractivity contribution in [2.75, 3.05) is 18.1 Å². The van der Waals surface area contributed by atoms with E-state index in [0.717, 1.165) is 4.90 Å². The molecule has 0 aliphatic carbocycles. The molecule has 1 aliphatic heterocycles. The minimum Gasteiger partial charge on any atom is -0.492 e. The molecule has 0 saturated heterocycles. The van der Waals surface area contributed by atoms with Gasteiger partial charge in [0, 0.05) is 17.2 Å². The molecule has 0 N–H and O–H groups in total. The van der Waals surface area contributed by atoms with E-state index in [9.17, 15) is 14.4 Å². The van der Waals surface area contributed by atoms with Gasteiger partial charge >= 0.3 is 5.97 Å². The molecule has 7 heteroatoms. The molecular weight excluding hydrogens is 434 g/mol. The van der Waals surface area contributed by atoms with E-state index in [2.05, 4.69) is 0 Å². The van der Waals surface area contributed by atoms with Crippen molar-refractivity contribution in [1.29, 1.82) is 0 Å². The van der Waals surface area contributed by atoms with Crippen LogP contribution < -0.4 is 19.1 Å². The number of imide groups is 1. The molecule has 4 rings (SSSR count). The van der Waals surface area contributed by atoms with Crippen LogP contribution in [0.3, 0.4) is 0 Å². The van der Waals surface area contributed by atoms with Crippen molar-refractivity contribution in [2.45, 2.75) is 40.5 Å². The van der Waals surface area contributed by atoms with Crippen molar-refractivity contribution in [3.8, 4) is 17.2 Å². The van der Waals surface area contributed by atoms with Crippen molar-refractivity contribution >= 4 is 34.2 Å². The minimum absolute atomic E-state index is 0.201. The van der Waals surface area contributed by atoms with Crippen molar-refractivity contribution < 1.29 is 28.6 Å². The fourth-order valence-corrected chi connectivity index (χ4v) is 4.24. The monoisotopic (exact) mass is 461 g/mol. The highest BCUT2D eigenvalue weighted by atomic mass is 16.5. The van der Waals surface area contributed by atoms with E-state index in [1.54, 1.807) is 25.1 Å². The summed E-state index contributed by atoms with van der Waals surface area (Å²) < 4.78 is 17.2. The number of benzene rings is 3. The molecule has 1 heterocycles. The average Bonchev–Trinajstić information content (AvgIpc) is 3.06. The third-order valence-corrected chi connectivity index (χ3v) is 5.63. The standard InChI is InChI=1S/C27H27NO6/c1-5-10-21(29)34-17-13-14-20(16(4)15-17)28-26(30)22-23(27(28)31)25(33-7-3)19-12-9-8-11-18(19)24(22)32-6-2/h8-9,11-15H,5-7,10H2,1-4H3. The highest BCUT2D eigenvalue weighted by Crippen LogP contribution is 2.46. The molecule has 0 spiro atoms. The van der Waals surface area contributed by atoms with Crippen molar-refractivity contribution in [3.63, 3.8) is 0 Å². The second kappa shape index (κ2) is 9.55. The van der Waals surface area contributed by atoms with Gasteiger partial charge in [0.15, 0.2) is 0 Å². The lowest BCUT2D eigenvalue weighted by Gasteiger charge is -2.17. The van der Waals surface area contributed by atoms with Crippen LogP contribution >= 0.6 is 0 Å². The van der Waals surface area contributed by atoms with Gasteiger partial charge in [0.2, 0.25) is 0 Å². The lowest BCUT2D eigenvalue weighted by molar-refractivity contribution is -0.134. The van der Waals surface area contributed by atoms with Crippen LogP contribution in [0.5, 0.6) is 17.2 Å². The topological polar surface area (TPSA) is 82.1 Å². The third kappa shape index (κ3) is 3.87. The average molecular weight is 462 g/mol. The first-order valence-corrected chi connectivity index (χ1v) is 11.5. The third-order valence-electron chi connectivity index (χ3n) is 5.63. The molecule has 3 aromatic carbocycles. The molecule has 0 unspecified atom stereocenters. The van der Waals surface area contributed by atoms with Crippen molar-refractivity contribution in [1.82, 2.24) is 0 Å². The molecule has 2 amide bonds. The highest BCUT2D eigenvalue weighted by Gasteiger charge is 2.44. The Bertz CT molecular complexity index is 1230. The maximum absolute atomic E-state index is 13.7. The number of esters is 1. The van der Waals surface area contributed by atoms with Crippen molar-refractivity contribution in [3.05, 3.63) is 59.2 Å². The Morgan fingerprint density at radius 2 is 1.41 bits per heavy atom. The van der Waals surface area contributed by atoms with Gasteiger partial charge in [0.05, 0.1) is 30.0 Å². The van der Waals surface area contributed by atoms with E-state index in [1.165, 1.54) is 0 Å². The maximum atomic E-state index is 13.7. The van der Waals surface area contributed by atoms with Gasteiger partial charge in [-0.25, -0.2) is 4.90 Å². The van der Waals surface area contributed by atoms with E-state index in [1.807, 2.05) is 45.0 Å². The van der Waals surface area contributed by atoms with E-state index >= 15 is 0 Å². The molecular formula is C27H27NO6. The predicted molar refractivity (Wildman–Crippen MR) is 129 cm³/mol. The summed E-state index contributed by atoms with van der Waals surface area (Å²) in [6.07, 6.45) is 0.997. The fourth-order valence-electron chi connectivity index (χ4n) is 4.24. The summed E-state index contributed by atoms with van der Waals surface area (Å²) in [6, 6.07) is 12.3. The van der Waals surface area contributed by atoms with Crippen molar-refractivity contribution in [2.24, 2.45) is 0 Å². The normalized spacial score (nSPS) is 12.8. The van der Waals surface area contributed by atoms with Gasteiger partial charge in [-0.15, -0.1) is 0 Å². The van der Waals surface area contributed by atoms with Crippen LogP contribution in [0.4, 0.5) is 5.69 Å². The first kappa shape index (κ1) is 23.3. The zero-order valence-electron chi connectivity index (χ0n) is 19.8. The van der Waals surface area contributed by atoms with Crippen LogP contribution in [0, 0.1) is 6.92 Å². The summed E-state index contributed by atoms with van der Waals surface area (Å²) in [5, 5.41) is 1.42. The summed E-state index contributed by atoms with van der Waals surface area (Å²) in [7, 11) is 0. The first-order valence-electron chi connectivity index (χ1n) is 11.5. The number of carbonyl (C=O) groups is 3. The van der Waals surface area contributed by atoms with E-state index < -0.39 is 11.8 Å². The molecule has 0 saturated carbocycles. The van der Waals surface area contributed by atoms with Gasteiger partial charge in [-0.3, -0.25) is 14.4 Å². The SMILES string of the molecule is CCCC(=O)Oc1ccc(N2C(=O)c3c(c(OCC)c4ccccc4c3OCC)C2=O)c(C)c1. The number of rotatable bonds is 8. The van der Waals surface area contributed by atoms with E-state index in [4.69, 9.17) is 14.2 Å². The fraction of sp³-hybridized carbons (Fsp3) is 0.296. The summed E-state index contributed by atoms with van der Waals surface area (Å²) in [4.78, 5) is 40.4. The zero-order valence-corrected chi connectivity index (χ0v) is 19.8. The summed E-state index contributed by atoms with van der Waals surface area (Å²) in [5.74, 6) is -0.167. The molecule has 0 bridgehead atoms. The minimum atomic E-state index is -0.478. The first-order chi connectivity index (χ1) is 16.4. The maximum Gasteiger partial charge on any atom is 0.311 e. The Hall–Kier alpha value is -3.87. The molecule has 7 nitrogen and oxygen atoms in total. The largest absolute Gasteiger partial charge is 0.492 e. The molecule has 3 aromatic rings. The summed E-state index contributed by atoms with van der Waals surface area (Å²) >= 11 is 0. The van der Waals surface area contributed by atoms with Gasteiger partial charge in [-0.2, -0.15) is 0 Å². The number of amides is 2. The molecule has 0 radical (unpaired) electrons. The predicted octanol–water partition coefficient (Wildman–Crippen LogP) is 5.45. The van der Waals surface area contributed by atoms with Crippen LogP contribution in [-0.2, 0) is 4.79 Å². The lowest BCUT2D eigenvalue weighted by atomic mass is 9.99. The number of nitrogens with zero attached hydrogens (tertiary/aromatic N) is 1. The van der Waals surface area contributed by atoms with Gasteiger partial charge < -0.3 is 14.2 Å². The number of anilines is 1. The zero-order chi connectivity index (χ0) is 24.4. The smallest absolute Gasteiger partial charge is 0.311 e. The quantitative estimate of drug-likeness (QED) is 0.252. The number of carbonyl (C=O) groups excluding carboxylic acids is 3. The Morgan fingerprint density at radius 1 is 0.853 bits per heavy atom. The van der Waals surface area contributed by atoms with Gasteiger partial charge in [-0.1, -0.05) is 31.2 Å². The molecule has 176 valence electrons. The van der Waals surface area contributed by atoms with Crippen LogP contribution in [0.25, 0.3) is 10.8 Å². The number of aryl methyl sites for hydroxylation is 1. The molecule has 1 aliphatic rings. The number of hydrogen-bond acceptors (Lipinski definition) is 6. The van der Waals surface area contributed by atoms with Crippen LogP contribution in [0.15, 0.2) is 42.5 Å². The number of ether oxygens (including phenoxy) is 3. The Morgan fingerprint density at radius 3 is 1.88 bits per heavy atom. The highest BCUT2D eigenvalue weighted by molar-refractivity contribution is 6.38. The van der Waals surface area contributed by atoms with Crippen LogP contribution in [-0.4, -0.2) is 31.0 Å².